The minimum Gasteiger partial charge on any atom is -0.383 e. The van der Waals surface area contributed by atoms with Gasteiger partial charge >= 0.3 is 5.69 Å². The first-order chi connectivity index (χ1) is 14.9. The molecule has 0 aliphatic carbocycles. The van der Waals surface area contributed by atoms with Gasteiger partial charge in [0.1, 0.15) is 18.2 Å². The summed E-state index contributed by atoms with van der Waals surface area (Å²) >= 11 is 6.11. The summed E-state index contributed by atoms with van der Waals surface area (Å²) in [7, 11) is 1.74. The van der Waals surface area contributed by atoms with Crippen molar-refractivity contribution in [2.24, 2.45) is 11.8 Å². The molecule has 0 saturated heterocycles. The third kappa shape index (κ3) is 6.20. The van der Waals surface area contributed by atoms with Crippen LogP contribution in [0.2, 0.25) is 5.02 Å². The third-order valence-corrected chi connectivity index (χ3v) is 5.23. The third-order valence-electron chi connectivity index (χ3n) is 4.87. The highest BCUT2D eigenvalue weighted by Crippen LogP contribution is 2.20. The van der Waals surface area contributed by atoms with Crippen LogP contribution in [-0.2, 0) is 17.9 Å². The number of aromatic amines is 1. The van der Waals surface area contributed by atoms with Crippen molar-refractivity contribution in [3.05, 3.63) is 55.4 Å². The number of likely N-dealkylation sites (N-methyl/N-ethyl adjacent to an activating group) is 1. The molecule has 1 unspecified atom stereocenters. The van der Waals surface area contributed by atoms with Gasteiger partial charge in [0, 0.05) is 13.1 Å². The summed E-state index contributed by atoms with van der Waals surface area (Å²) in [6.07, 6.45) is 0. The fraction of sp³-hybridized carbons (Fsp3) is 0.500. The molecule has 32 heavy (non-hydrogen) atoms. The van der Waals surface area contributed by atoms with E-state index in [9.17, 15) is 18.8 Å². The van der Waals surface area contributed by atoms with Gasteiger partial charge in [0.2, 0.25) is 0 Å². The van der Waals surface area contributed by atoms with E-state index in [1.807, 2.05) is 27.7 Å². The van der Waals surface area contributed by atoms with Gasteiger partial charge in [-0.05, 0) is 24.0 Å². The average Bonchev–Trinajstić information content (AvgIpc) is 2.66. The Hall–Kier alpha value is -2.65. The van der Waals surface area contributed by atoms with Crippen LogP contribution in [0.4, 0.5) is 15.9 Å². The molecule has 1 heterocycles. The summed E-state index contributed by atoms with van der Waals surface area (Å²) in [6.45, 7) is 8.34. The van der Waals surface area contributed by atoms with Crippen molar-refractivity contribution in [3.63, 3.8) is 0 Å². The minimum absolute atomic E-state index is 0.0282. The lowest BCUT2D eigenvalue weighted by molar-refractivity contribution is -0.885. The highest BCUT2D eigenvalue weighted by atomic mass is 35.5. The maximum atomic E-state index is 14.1. The van der Waals surface area contributed by atoms with Crippen LogP contribution in [-0.4, -0.2) is 35.6 Å². The fourth-order valence-electron chi connectivity index (χ4n) is 3.49. The maximum Gasteiger partial charge on any atom is 0.330 e. The highest BCUT2D eigenvalue weighted by molar-refractivity contribution is 6.31. The number of anilines is 2. The zero-order valence-electron chi connectivity index (χ0n) is 19.2. The number of nitrogens with zero attached hydrogens (tertiary/aromatic N) is 2. The number of carbonyl (C=O) groups is 1. The largest absolute Gasteiger partial charge is 0.383 e. The van der Waals surface area contributed by atoms with E-state index in [0.717, 1.165) is 0 Å². The van der Waals surface area contributed by atoms with Crippen molar-refractivity contribution in [1.29, 1.82) is 0 Å². The fourth-order valence-corrected chi connectivity index (χ4v) is 3.72. The van der Waals surface area contributed by atoms with Gasteiger partial charge in [0.05, 0.1) is 17.6 Å². The molecule has 0 radical (unpaired) electrons. The monoisotopic (exact) mass is 468 g/mol. The molecule has 2 aromatic rings. The molecule has 0 bridgehead atoms. The number of nitrogen functional groups attached to an aromatic ring is 1. The second-order valence-corrected chi connectivity index (χ2v) is 9.31. The SMILES string of the molecule is CC(C)CN(C(=O)C[NH+](C)Cc1c(F)cccc1Cl)c1c(N)n(CC(C)C)c(=O)[nH]c1=O. The maximum absolute atomic E-state index is 14.1. The summed E-state index contributed by atoms with van der Waals surface area (Å²) in [4.78, 5) is 42.5. The molecule has 4 N–H and O–H groups in total. The topological polar surface area (TPSA) is 106 Å². The zero-order chi connectivity index (χ0) is 24.2. The predicted molar refractivity (Wildman–Crippen MR) is 125 cm³/mol. The molecular formula is C22H32ClFN5O3+. The summed E-state index contributed by atoms with van der Waals surface area (Å²) in [5.74, 6) is -0.717. The summed E-state index contributed by atoms with van der Waals surface area (Å²) < 4.78 is 15.4. The van der Waals surface area contributed by atoms with E-state index in [2.05, 4.69) is 4.98 Å². The standard InChI is InChI=1S/C22H31ClFN5O3/c1-13(2)9-28(19-20(25)29(10-14(3)4)22(32)26-21(19)31)18(30)12-27(5)11-15-16(23)7-6-8-17(15)24/h6-8,13-14H,9-12,25H2,1-5H3,(H,26,31,32)/p+1. The van der Waals surface area contributed by atoms with Crippen LogP contribution in [0.15, 0.2) is 27.8 Å². The lowest BCUT2D eigenvalue weighted by Crippen LogP contribution is -3.09. The highest BCUT2D eigenvalue weighted by Gasteiger charge is 2.27. The number of quaternary nitrogens is 1. The molecule has 0 aliphatic heterocycles. The van der Waals surface area contributed by atoms with Gasteiger partial charge in [-0.2, -0.15) is 0 Å². The van der Waals surface area contributed by atoms with Crippen molar-refractivity contribution in [2.45, 2.75) is 40.8 Å². The van der Waals surface area contributed by atoms with Gasteiger partial charge in [-0.1, -0.05) is 45.4 Å². The van der Waals surface area contributed by atoms with Gasteiger partial charge in [-0.15, -0.1) is 0 Å². The van der Waals surface area contributed by atoms with Crippen LogP contribution >= 0.6 is 11.6 Å². The van der Waals surface area contributed by atoms with E-state index in [1.54, 1.807) is 13.1 Å². The van der Waals surface area contributed by atoms with Gasteiger partial charge < -0.3 is 10.6 Å². The van der Waals surface area contributed by atoms with Crippen LogP contribution in [0.1, 0.15) is 33.3 Å². The normalized spacial score (nSPS) is 12.4. The number of hydrogen-bond donors (Lipinski definition) is 3. The van der Waals surface area contributed by atoms with Crippen LogP contribution in [0.25, 0.3) is 0 Å². The van der Waals surface area contributed by atoms with E-state index in [-0.39, 0.29) is 53.9 Å². The van der Waals surface area contributed by atoms with Gasteiger partial charge in [-0.3, -0.25) is 24.0 Å². The van der Waals surface area contributed by atoms with E-state index in [4.69, 9.17) is 17.3 Å². The molecular weight excluding hydrogens is 437 g/mol. The molecule has 1 aromatic heterocycles. The number of nitrogens with one attached hydrogen (secondary N) is 2. The molecule has 2 rings (SSSR count). The Morgan fingerprint density at radius 2 is 1.91 bits per heavy atom. The van der Waals surface area contributed by atoms with Gasteiger partial charge in [0.15, 0.2) is 12.2 Å². The number of carbonyl (C=O) groups excluding carboxylic acids is 1. The summed E-state index contributed by atoms with van der Waals surface area (Å²) in [6, 6.07) is 4.44. The summed E-state index contributed by atoms with van der Waals surface area (Å²) in [5.41, 5.74) is 5.17. The molecule has 0 saturated carbocycles. The smallest absolute Gasteiger partial charge is 0.330 e. The number of rotatable bonds is 9. The van der Waals surface area contributed by atoms with Crippen molar-refractivity contribution >= 4 is 29.0 Å². The minimum atomic E-state index is -0.712. The van der Waals surface area contributed by atoms with Crippen molar-refractivity contribution in [3.8, 4) is 0 Å². The molecule has 10 heteroatoms. The number of nitrogens with two attached hydrogens (primary N) is 1. The van der Waals surface area contributed by atoms with Gasteiger partial charge in [0.25, 0.3) is 11.5 Å². The number of hydrogen-bond acceptors (Lipinski definition) is 4. The lowest BCUT2D eigenvalue weighted by Gasteiger charge is -2.27. The first kappa shape index (κ1) is 25.6. The Balaban J connectivity index is 2.39. The Morgan fingerprint density at radius 3 is 2.47 bits per heavy atom. The van der Waals surface area contributed by atoms with Crippen LogP contribution < -0.4 is 26.8 Å². The second kappa shape index (κ2) is 10.8. The number of amides is 1. The van der Waals surface area contributed by atoms with Crippen LogP contribution in [0.3, 0.4) is 0 Å². The Labute approximate surface area is 191 Å². The van der Waals surface area contributed by atoms with Crippen molar-refractivity contribution < 1.29 is 14.1 Å². The molecule has 1 atom stereocenters. The van der Waals surface area contributed by atoms with E-state index < -0.39 is 17.1 Å². The lowest BCUT2D eigenvalue weighted by atomic mass is 10.1. The zero-order valence-corrected chi connectivity index (χ0v) is 19.9. The molecule has 1 aromatic carbocycles. The van der Waals surface area contributed by atoms with E-state index in [0.29, 0.717) is 17.0 Å². The molecule has 176 valence electrons. The summed E-state index contributed by atoms with van der Waals surface area (Å²) in [5, 5.41) is 0.289. The molecule has 0 fully saturated rings. The quantitative estimate of drug-likeness (QED) is 0.515. The number of H-pyrrole nitrogens is 1. The first-order valence-electron chi connectivity index (χ1n) is 10.6. The van der Waals surface area contributed by atoms with Crippen LogP contribution in [0.5, 0.6) is 0 Å². The molecule has 0 spiro atoms. The molecule has 1 amide bonds. The molecule has 8 nitrogen and oxygen atoms in total. The van der Waals surface area contributed by atoms with Crippen LogP contribution in [0, 0.1) is 17.7 Å². The number of halogens is 2. The Bertz CT molecular complexity index is 1060. The van der Waals surface area contributed by atoms with Crippen molar-refractivity contribution in [1.82, 2.24) is 9.55 Å². The number of benzene rings is 1. The average molecular weight is 469 g/mol. The van der Waals surface area contributed by atoms with E-state index >= 15 is 0 Å². The molecule has 0 aliphatic rings. The van der Waals surface area contributed by atoms with Gasteiger partial charge in [-0.25, -0.2) is 9.18 Å². The predicted octanol–water partition coefficient (Wildman–Crippen LogP) is 1.27. The Kier molecular flexibility index (Phi) is 8.63. The Morgan fingerprint density at radius 1 is 1.25 bits per heavy atom. The van der Waals surface area contributed by atoms with E-state index in [1.165, 1.54) is 21.6 Å². The number of aromatic nitrogens is 2. The first-order valence-corrected chi connectivity index (χ1v) is 11.0. The second-order valence-electron chi connectivity index (χ2n) is 8.91. The van der Waals surface area contributed by atoms with Crippen molar-refractivity contribution in [2.75, 3.05) is 30.8 Å².